The van der Waals surface area contributed by atoms with Crippen molar-refractivity contribution in [3.63, 3.8) is 0 Å². The van der Waals surface area contributed by atoms with Gasteiger partial charge in [0.1, 0.15) is 11.4 Å². The van der Waals surface area contributed by atoms with E-state index in [1.807, 2.05) is 0 Å². The smallest absolute Gasteiger partial charge is 0.139 e. The largest absolute Gasteiger partial charge is 0.367 e. The number of imidazole rings is 1. The van der Waals surface area contributed by atoms with Crippen LogP contribution in [0, 0.1) is 6.92 Å². The van der Waals surface area contributed by atoms with E-state index >= 15 is 0 Å². The number of aryl methyl sites for hydroxylation is 1. The summed E-state index contributed by atoms with van der Waals surface area (Å²) in [5, 5.41) is 0. The highest BCUT2D eigenvalue weighted by molar-refractivity contribution is 5.76. The third kappa shape index (κ3) is 1.43. The molecule has 84 valence electrons. The molecule has 1 N–H and O–H groups in total. The third-order valence-electron chi connectivity index (χ3n) is 3.36. The molecule has 1 aliphatic rings. The Balaban J connectivity index is 2.11. The van der Waals surface area contributed by atoms with Gasteiger partial charge >= 0.3 is 0 Å². The van der Waals surface area contributed by atoms with Gasteiger partial charge in [0.05, 0.1) is 11.0 Å². The second-order valence-corrected chi connectivity index (χ2v) is 4.79. The Morgan fingerprint density at radius 3 is 3.06 bits per heavy atom. The Morgan fingerprint density at radius 2 is 2.31 bits per heavy atom. The van der Waals surface area contributed by atoms with E-state index in [1.54, 1.807) is 0 Å². The number of fused-ring (bicyclic) bond motifs is 1. The zero-order valence-electron chi connectivity index (χ0n) is 9.71. The van der Waals surface area contributed by atoms with Crippen molar-refractivity contribution in [3.8, 4) is 0 Å². The summed E-state index contributed by atoms with van der Waals surface area (Å²) in [6.45, 7) is 5.05. The summed E-state index contributed by atoms with van der Waals surface area (Å²) in [5.41, 5.74) is 3.16. The molecular weight excluding hydrogens is 200 g/mol. The van der Waals surface area contributed by atoms with E-state index < -0.39 is 0 Å². The van der Waals surface area contributed by atoms with Gasteiger partial charge in [0, 0.05) is 6.61 Å². The number of nitrogens with zero attached hydrogens (tertiary/aromatic N) is 1. The molecule has 0 spiro atoms. The summed E-state index contributed by atoms with van der Waals surface area (Å²) in [6.07, 6.45) is 2.17. The van der Waals surface area contributed by atoms with E-state index in [-0.39, 0.29) is 5.60 Å². The summed E-state index contributed by atoms with van der Waals surface area (Å²) in [6, 6.07) is 6.28. The van der Waals surface area contributed by atoms with Gasteiger partial charge in [-0.1, -0.05) is 6.07 Å². The highest BCUT2D eigenvalue weighted by Crippen LogP contribution is 2.34. The van der Waals surface area contributed by atoms with E-state index in [2.05, 4.69) is 42.0 Å². The minimum absolute atomic E-state index is 0.215. The van der Waals surface area contributed by atoms with Crippen molar-refractivity contribution >= 4 is 11.0 Å². The van der Waals surface area contributed by atoms with Crippen LogP contribution in [0.1, 0.15) is 31.2 Å². The summed E-state index contributed by atoms with van der Waals surface area (Å²) >= 11 is 0. The van der Waals surface area contributed by atoms with E-state index in [1.165, 1.54) is 5.56 Å². The molecule has 1 aromatic heterocycles. The van der Waals surface area contributed by atoms with Crippen molar-refractivity contribution < 1.29 is 4.74 Å². The summed E-state index contributed by atoms with van der Waals surface area (Å²) in [4.78, 5) is 8.01. The molecular formula is C13H16N2O. The minimum atomic E-state index is -0.215. The van der Waals surface area contributed by atoms with Crippen LogP contribution in [0.2, 0.25) is 0 Å². The Labute approximate surface area is 94.8 Å². The average molecular weight is 216 g/mol. The predicted molar refractivity (Wildman–Crippen MR) is 63.4 cm³/mol. The molecule has 0 radical (unpaired) electrons. The van der Waals surface area contributed by atoms with Crippen molar-refractivity contribution in [3.05, 3.63) is 29.6 Å². The molecule has 16 heavy (non-hydrogen) atoms. The lowest BCUT2D eigenvalue weighted by molar-refractivity contribution is 0.0103. The zero-order chi connectivity index (χ0) is 11.2. The molecule has 2 heterocycles. The summed E-state index contributed by atoms with van der Waals surface area (Å²) in [7, 11) is 0. The van der Waals surface area contributed by atoms with Gasteiger partial charge in [-0.05, 0) is 44.4 Å². The second kappa shape index (κ2) is 3.32. The van der Waals surface area contributed by atoms with Gasteiger partial charge in [0.15, 0.2) is 0 Å². The Hall–Kier alpha value is -1.35. The number of H-pyrrole nitrogens is 1. The lowest BCUT2D eigenvalue weighted by Crippen LogP contribution is -2.21. The minimum Gasteiger partial charge on any atom is -0.367 e. The Bertz CT molecular complexity index is 524. The van der Waals surface area contributed by atoms with Crippen molar-refractivity contribution in [2.45, 2.75) is 32.3 Å². The van der Waals surface area contributed by atoms with Crippen LogP contribution in [-0.4, -0.2) is 16.6 Å². The quantitative estimate of drug-likeness (QED) is 0.796. The number of rotatable bonds is 1. The molecule has 3 heteroatoms. The molecule has 0 saturated carbocycles. The Morgan fingerprint density at radius 1 is 1.44 bits per heavy atom. The monoisotopic (exact) mass is 216 g/mol. The highest BCUT2D eigenvalue weighted by atomic mass is 16.5. The van der Waals surface area contributed by atoms with Crippen molar-refractivity contribution in [2.24, 2.45) is 0 Å². The Kier molecular flexibility index (Phi) is 2.04. The maximum Gasteiger partial charge on any atom is 0.139 e. The van der Waals surface area contributed by atoms with E-state index in [9.17, 15) is 0 Å². The first kappa shape index (κ1) is 9.85. The summed E-state index contributed by atoms with van der Waals surface area (Å²) in [5.74, 6) is 0.964. The van der Waals surface area contributed by atoms with Crippen molar-refractivity contribution in [2.75, 3.05) is 6.61 Å². The van der Waals surface area contributed by atoms with Crippen LogP contribution in [0.4, 0.5) is 0 Å². The number of ether oxygens (including phenoxy) is 1. The van der Waals surface area contributed by atoms with Crippen LogP contribution in [-0.2, 0) is 10.3 Å². The molecule has 1 aliphatic heterocycles. The second-order valence-electron chi connectivity index (χ2n) is 4.79. The zero-order valence-corrected chi connectivity index (χ0v) is 9.71. The standard InChI is InChI=1S/C13H16N2O/c1-9-4-5-10-11(8-9)15-12(14-10)13(2)6-3-7-16-13/h4-5,8H,3,6-7H2,1-2H3,(H,14,15). The van der Waals surface area contributed by atoms with Gasteiger partial charge in [0.25, 0.3) is 0 Å². The molecule has 3 nitrogen and oxygen atoms in total. The summed E-state index contributed by atoms with van der Waals surface area (Å²) < 4.78 is 5.79. The first-order valence-electron chi connectivity index (χ1n) is 5.78. The topological polar surface area (TPSA) is 37.9 Å². The molecule has 2 aromatic rings. The van der Waals surface area contributed by atoms with Gasteiger partial charge in [-0.3, -0.25) is 0 Å². The van der Waals surface area contributed by atoms with Crippen molar-refractivity contribution in [1.82, 2.24) is 9.97 Å². The highest BCUT2D eigenvalue weighted by Gasteiger charge is 2.34. The first-order valence-corrected chi connectivity index (χ1v) is 5.78. The normalized spacial score (nSPS) is 25.4. The predicted octanol–water partition coefficient (Wildman–Crippen LogP) is 2.90. The molecule has 0 bridgehead atoms. The molecule has 0 amide bonds. The molecule has 1 aromatic carbocycles. The molecule has 3 rings (SSSR count). The first-order chi connectivity index (χ1) is 7.67. The molecule has 1 atom stereocenters. The molecule has 0 aliphatic carbocycles. The van der Waals surface area contributed by atoms with E-state index in [4.69, 9.17) is 4.74 Å². The number of nitrogens with one attached hydrogen (secondary N) is 1. The molecule has 1 saturated heterocycles. The van der Waals surface area contributed by atoms with Gasteiger partial charge < -0.3 is 9.72 Å². The number of aromatic nitrogens is 2. The van der Waals surface area contributed by atoms with Crippen molar-refractivity contribution in [1.29, 1.82) is 0 Å². The van der Waals surface area contributed by atoms with Gasteiger partial charge in [0.2, 0.25) is 0 Å². The maximum absolute atomic E-state index is 5.79. The number of hydrogen-bond donors (Lipinski definition) is 1. The fourth-order valence-corrected chi connectivity index (χ4v) is 2.34. The lowest BCUT2D eigenvalue weighted by atomic mass is 10.0. The SMILES string of the molecule is Cc1ccc2nc(C3(C)CCCO3)[nH]c2c1. The molecule has 1 fully saturated rings. The van der Waals surface area contributed by atoms with Crippen LogP contribution in [0.5, 0.6) is 0 Å². The lowest BCUT2D eigenvalue weighted by Gasteiger charge is -2.19. The molecule has 1 unspecified atom stereocenters. The third-order valence-corrected chi connectivity index (χ3v) is 3.36. The van der Waals surface area contributed by atoms with Crippen LogP contribution in [0.3, 0.4) is 0 Å². The van der Waals surface area contributed by atoms with Crippen LogP contribution in [0.25, 0.3) is 11.0 Å². The fourth-order valence-electron chi connectivity index (χ4n) is 2.34. The number of benzene rings is 1. The van der Waals surface area contributed by atoms with Crippen LogP contribution < -0.4 is 0 Å². The number of hydrogen-bond acceptors (Lipinski definition) is 2. The number of aromatic amines is 1. The van der Waals surface area contributed by atoms with Crippen LogP contribution >= 0.6 is 0 Å². The van der Waals surface area contributed by atoms with Gasteiger partial charge in [-0.15, -0.1) is 0 Å². The average Bonchev–Trinajstić information content (AvgIpc) is 2.84. The maximum atomic E-state index is 5.79. The van der Waals surface area contributed by atoms with E-state index in [0.717, 1.165) is 36.3 Å². The van der Waals surface area contributed by atoms with Crippen LogP contribution in [0.15, 0.2) is 18.2 Å². The fraction of sp³-hybridized carbons (Fsp3) is 0.462. The van der Waals surface area contributed by atoms with Gasteiger partial charge in [-0.2, -0.15) is 0 Å². The van der Waals surface area contributed by atoms with E-state index in [0.29, 0.717) is 0 Å². The van der Waals surface area contributed by atoms with Gasteiger partial charge in [-0.25, -0.2) is 4.98 Å².